The minimum atomic E-state index is -0.515. The van der Waals surface area contributed by atoms with Crippen molar-refractivity contribution in [2.75, 3.05) is 0 Å². The molecule has 1 aromatic heterocycles. The molecule has 2 N–H and O–H groups in total. The summed E-state index contributed by atoms with van der Waals surface area (Å²) in [5, 5.41) is 0.706. The molecule has 3 heteroatoms. The van der Waals surface area contributed by atoms with E-state index in [9.17, 15) is 0 Å². The fourth-order valence-corrected chi connectivity index (χ4v) is 2.52. The van der Waals surface area contributed by atoms with E-state index < -0.39 is 5.54 Å². The SMILES string of the molecule is CCc1ccc(CC(C)(N)c2ccccc2Cl)nc1. The lowest BCUT2D eigenvalue weighted by Crippen LogP contribution is -2.36. The second-order valence-corrected chi connectivity index (χ2v) is 5.49. The third-order valence-corrected chi connectivity index (χ3v) is 3.66. The first-order chi connectivity index (χ1) is 9.03. The Morgan fingerprint density at radius 3 is 2.53 bits per heavy atom. The maximum atomic E-state index is 6.42. The molecule has 1 unspecified atom stereocenters. The standard InChI is InChI=1S/C16H19ClN2/c1-3-12-8-9-13(19-11-12)10-16(2,18)14-6-4-5-7-15(14)17/h4-9,11H,3,10,18H2,1-2H3. The zero-order chi connectivity index (χ0) is 13.9. The van der Waals surface area contributed by atoms with Gasteiger partial charge in [0.15, 0.2) is 0 Å². The van der Waals surface area contributed by atoms with Crippen molar-refractivity contribution in [3.8, 4) is 0 Å². The predicted molar refractivity (Wildman–Crippen MR) is 80.3 cm³/mol. The largest absolute Gasteiger partial charge is 0.321 e. The summed E-state index contributed by atoms with van der Waals surface area (Å²) in [6.45, 7) is 4.11. The Labute approximate surface area is 119 Å². The van der Waals surface area contributed by atoms with Crippen molar-refractivity contribution < 1.29 is 0 Å². The predicted octanol–water partition coefficient (Wildman–Crippen LogP) is 3.71. The summed E-state index contributed by atoms with van der Waals surface area (Å²) in [6.07, 6.45) is 3.58. The summed E-state index contributed by atoms with van der Waals surface area (Å²) in [7, 11) is 0. The number of aromatic nitrogens is 1. The van der Waals surface area contributed by atoms with Crippen molar-refractivity contribution in [3.05, 3.63) is 64.4 Å². The van der Waals surface area contributed by atoms with Crippen molar-refractivity contribution in [1.29, 1.82) is 0 Å². The van der Waals surface area contributed by atoms with Gasteiger partial charge in [0.25, 0.3) is 0 Å². The number of nitrogens with two attached hydrogens (primary N) is 1. The molecule has 0 aliphatic carbocycles. The van der Waals surface area contributed by atoms with Crippen LogP contribution < -0.4 is 5.73 Å². The maximum Gasteiger partial charge on any atom is 0.0456 e. The van der Waals surface area contributed by atoms with Crippen molar-refractivity contribution >= 4 is 11.6 Å². The summed E-state index contributed by atoms with van der Waals surface area (Å²) < 4.78 is 0. The Hall–Kier alpha value is -1.38. The lowest BCUT2D eigenvalue weighted by atomic mass is 9.88. The number of nitrogens with zero attached hydrogens (tertiary/aromatic N) is 1. The number of rotatable bonds is 4. The van der Waals surface area contributed by atoms with Gasteiger partial charge in [0.05, 0.1) is 0 Å². The van der Waals surface area contributed by atoms with Crippen molar-refractivity contribution in [3.63, 3.8) is 0 Å². The van der Waals surface area contributed by atoms with Crippen LogP contribution in [0.5, 0.6) is 0 Å². The van der Waals surface area contributed by atoms with Gasteiger partial charge in [-0.3, -0.25) is 4.98 Å². The van der Waals surface area contributed by atoms with Crippen LogP contribution in [0.3, 0.4) is 0 Å². The molecule has 2 nitrogen and oxygen atoms in total. The first kappa shape index (κ1) is 14.0. The number of aryl methyl sites for hydroxylation is 1. The van der Waals surface area contributed by atoms with Gasteiger partial charge in [-0.1, -0.05) is 42.8 Å². The van der Waals surface area contributed by atoms with E-state index >= 15 is 0 Å². The summed E-state index contributed by atoms with van der Waals surface area (Å²) in [6, 6.07) is 11.9. The van der Waals surface area contributed by atoms with Crippen molar-refractivity contribution in [2.24, 2.45) is 5.73 Å². The van der Waals surface area contributed by atoms with Crippen LogP contribution in [0.2, 0.25) is 5.02 Å². The molecule has 1 heterocycles. The molecule has 0 spiro atoms. The highest BCUT2D eigenvalue weighted by Gasteiger charge is 2.24. The molecule has 2 rings (SSSR count). The van der Waals surface area contributed by atoms with Crippen LogP contribution in [0, 0.1) is 0 Å². The molecule has 0 fully saturated rings. The number of pyridine rings is 1. The van der Waals surface area contributed by atoms with E-state index in [0.717, 1.165) is 17.7 Å². The highest BCUT2D eigenvalue weighted by Crippen LogP contribution is 2.28. The number of benzene rings is 1. The van der Waals surface area contributed by atoms with Crippen LogP contribution in [0.4, 0.5) is 0 Å². The number of hydrogen-bond donors (Lipinski definition) is 1. The van der Waals surface area contributed by atoms with E-state index in [4.69, 9.17) is 17.3 Å². The van der Waals surface area contributed by atoms with E-state index in [2.05, 4.69) is 18.0 Å². The quantitative estimate of drug-likeness (QED) is 0.923. The van der Waals surface area contributed by atoms with Crippen molar-refractivity contribution in [1.82, 2.24) is 4.98 Å². The van der Waals surface area contributed by atoms with Gasteiger partial charge in [-0.15, -0.1) is 0 Å². The zero-order valence-corrected chi connectivity index (χ0v) is 12.1. The highest BCUT2D eigenvalue weighted by molar-refractivity contribution is 6.31. The van der Waals surface area contributed by atoms with Gasteiger partial charge in [0.1, 0.15) is 0 Å². The summed E-state index contributed by atoms with van der Waals surface area (Å²) in [5.74, 6) is 0. The van der Waals surface area contributed by atoms with Crippen LogP contribution in [0.25, 0.3) is 0 Å². The smallest absolute Gasteiger partial charge is 0.0456 e. The lowest BCUT2D eigenvalue weighted by molar-refractivity contribution is 0.485. The fourth-order valence-electron chi connectivity index (χ4n) is 2.16. The Morgan fingerprint density at radius 2 is 1.95 bits per heavy atom. The molecular formula is C16H19ClN2. The Kier molecular flexibility index (Phi) is 4.23. The fraction of sp³-hybridized carbons (Fsp3) is 0.312. The average Bonchev–Trinajstić information content (AvgIpc) is 2.39. The van der Waals surface area contributed by atoms with E-state index in [1.807, 2.05) is 43.5 Å². The van der Waals surface area contributed by atoms with Crippen LogP contribution in [-0.4, -0.2) is 4.98 Å². The Bertz CT molecular complexity index is 547. The van der Waals surface area contributed by atoms with Gasteiger partial charge in [-0.05, 0) is 36.6 Å². The van der Waals surface area contributed by atoms with Gasteiger partial charge in [-0.25, -0.2) is 0 Å². The molecule has 0 aliphatic heterocycles. The lowest BCUT2D eigenvalue weighted by Gasteiger charge is -2.26. The van der Waals surface area contributed by atoms with Gasteiger partial charge in [-0.2, -0.15) is 0 Å². The Morgan fingerprint density at radius 1 is 1.21 bits per heavy atom. The summed E-state index contributed by atoms with van der Waals surface area (Å²) >= 11 is 6.22. The van der Waals surface area contributed by atoms with Crippen molar-refractivity contribution in [2.45, 2.75) is 32.2 Å². The first-order valence-electron chi connectivity index (χ1n) is 6.50. The van der Waals surface area contributed by atoms with E-state index in [0.29, 0.717) is 11.4 Å². The molecule has 1 atom stereocenters. The highest BCUT2D eigenvalue weighted by atomic mass is 35.5. The summed E-state index contributed by atoms with van der Waals surface area (Å²) in [5.41, 5.74) is 9.08. The van der Waals surface area contributed by atoms with Gasteiger partial charge >= 0.3 is 0 Å². The van der Waals surface area contributed by atoms with Crippen LogP contribution in [0.15, 0.2) is 42.6 Å². The molecule has 0 amide bonds. The van der Waals surface area contributed by atoms with E-state index in [1.165, 1.54) is 5.56 Å². The second kappa shape index (κ2) is 5.72. The molecule has 0 radical (unpaired) electrons. The molecule has 0 aliphatic rings. The van der Waals surface area contributed by atoms with Crippen LogP contribution in [-0.2, 0) is 18.4 Å². The molecule has 2 aromatic rings. The normalized spacial score (nSPS) is 14.1. The molecule has 0 saturated carbocycles. The van der Waals surface area contributed by atoms with Gasteiger partial charge < -0.3 is 5.73 Å². The van der Waals surface area contributed by atoms with Crippen LogP contribution in [0.1, 0.15) is 30.7 Å². The van der Waals surface area contributed by atoms with Crippen LogP contribution >= 0.6 is 11.6 Å². The first-order valence-corrected chi connectivity index (χ1v) is 6.88. The zero-order valence-electron chi connectivity index (χ0n) is 11.4. The van der Waals surface area contributed by atoms with E-state index in [-0.39, 0.29) is 0 Å². The third-order valence-electron chi connectivity index (χ3n) is 3.33. The maximum absolute atomic E-state index is 6.42. The number of halogens is 1. The molecule has 100 valence electrons. The second-order valence-electron chi connectivity index (χ2n) is 5.09. The minimum absolute atomic E-state index is 0.515. The average molecular weight is 275 g/mol. The third kappa shape index (κ3) is 3.34. The minimum Gasteiger partial charge on any atom is -0.321 e. The topological polar surface area (TPSA) is 38.9 Å². The van der Waals surface area contributed by atoms with E-state index in [1.54, 1.807) is 0 Å². The summed E-state index contributed by atoms with van der Waals surface area (Å²) in [4.78, 5) is 4.47. The molecule has 19 heavy (non-hydrogen) atoms. The molecule has 0 bridgehead atoms. The van der Waals surface area contributed by atoms with Gasteiger partial charge in [0.2, 0.25) is 0 Å². The molecule has 1 aromatic carbocycles. The molecule has 0 saturated heterocycles. The number of hydrogen-bond acceptors (Lipinski definition) is 2. The monoisotopic (exact) mass is 274 g/mol. The van der Waals surface area contributed by atoms with Gasteiger partial charge in [0, 0.05) is 28.9 Å². The Balaban J connectivity index is 2.23. The molecular weight excluding hydrogens is 256 g/mol.